The molecular weight excluding hydrogens is 553 g/mol. The number of hydrogen-bond donors (Lipinski definition) is 2. The number of rotatable bonds is 7. The van der Waals surface area contributed by atoms with Gasteiger partial charge in [-0.25, -0.2) is 19.0 Å². The number of ether oxygens (including phenoxy) is 2. The number of benzene rings is 2. The van der Waals surface area contributed by atoms with Crippen molar-refractivity contribution >= 4 is 46.7 Å². The molecule has 4 aromatic rings. The maximum atomic E-state index is 16.0. The summed E-state index contributed by atoms with van der Waals surface area (Å²) in [5.41, 5.74) is -0.921. The maximum absolute atomic E-state index is 16.0. The number of hydrogen-bond acceptors (Lipinski definition) is 9. The minimum Gasteiger partial charge on any atom is -0.452 e. The van der Waals surface area contributed by atoms with Crippen LogP contribution < -0.4 is 10.9 Å². The summed E-state index contributed by atoms with van der Waals surface area (Å²) in [4.78, 5) is 61.8. The van der Waals surface area contributed by atoms with Crippen LogP contribution in [-0.2, 0) is 14.3 Å². The predicted molar refractivity (Wildman–Crippen MR) is 149 cm³/mol. The fourth-order valence-electron chi connectivity index (χ4n) is 4.21. The molecule has 2 aromatic carbocycles. The van der Waals surface area contributed by atoms with Gasteiger partial charge in [-0.15, -0.1) is 0 Å². The topological polar surface area (TPSA) is 145 Å². The van der Waals surface area contributed by atoms with E-state index in [-0.39, 0.29) is 40.1 Å². The summed E-state index contributed by atoms with van der Waals surface area (Å²) in [6, 6.07) is 14.8. The normalized spacial score (nSPS) is 20.2. The summed E-state index contributed by atoms with van der Waals surface area (Å²) in [6.45, 7) is 5.09. The number of esters is 2. The lowest BCUT2D eigenvalue weighted by molar-refractivity contribution is -0.118. The van der Waals surface area contributed by atoms with Gasteiger partial charge in [0.15, 0.2) is 28.9 Å². The van der Waals surface area contributed by atoms with Crippen LogP contribution in [0, 0.1) is 12.8 Å². The Kier molecular flexibility index (Phi) is 7.88. The lowest BCUT2D eigenvalue weighted by Gasteiger charge is -2.21. The smallest absolute Gasteiger partial charge is 0.339 e. The SMILES string of the molecule is Cc1ccccc1C(=O)O[C@@H]1S[C@@H](n2cnc3c(=O)[nH]c(NC(=O)C(C)C)nc32)[C@H](OC(=O)c2ccccc2)[C@@H]1F. The molecule has 0 spiro atoms. The summed E-state index contributed by atoms with van der Waals surface area (Å²) >= 11 is 0.884. The highest BCUT2D eigenvalue weighted by Gasteiger charge is 2.51. The third kappa shape index (κ3) is 5.71. The number of amides is 1. The molecule has 1 fully saturated rings. The van der Waals surface area contributed by atoms with Gasteiger partial charge >= 0.3 is 11.9 Å². The number of aromatic nitrogens is 4. The highest BCUT2D eigenvalue weighted by molar-refractivity contribution is 8.00. The van der Waals surface area contributed by atoms with Crippen molar-refractivity contribution in [1.82, 2.24) is 19.5 Å². The number of aryl methyl sites for hydroxylation is 1. The van der Waals surface area contributed by atoms with E-state index in [4.69, 9.17) is 9.47 Å². The Morgan fingerprint density at radius 2 is 1.76 bits per heavy atom. The number of imidazole rings is 1. The average Bonchev–Trinajstić information content (AvgIpc) is 3.50. The minimum atomic E-state index is -1.94. The van der Waals surface area contributed by atoms with E-state index in [0.29, 0.717) is 5.56 Å². The second kappa shape index (κ2) is 11.5. The van der Waals surface area contributed by atoms with Crippen molar-refractivity contribution in [2.45, 2.75) is 43.9 Å². The van der Waals surface area contributed by atoms with Crippen LogP contribution in [0.5, 0.6) is 0 Å². The molecule has 1 aliphatic rings. The number of halogens is 1. The van der Waals surface area contributed by atoms with E-state index in [2.05, 4.69) is 20.3 Å². The summed E-state index contributed by atoms with van der Waals surface area (Å²) in [5, 5.41) is 1.50. The molecule has 13 heteroatoms. The number of alkyl halides is 1. The number of anilines is 1. The number of nitrogens with one attached hydrogen (secondary N) is 2. The van der Waals surface area contributed by atoms with Crippen molar-refractivity contribution in [2.24, 2.45) is 5.92 Å². The highest BCUT2D eigenvalue weighted by Crippen LogP contribution is 2.47. The van der Waals surface area contributed by atoms with Gasteiger partial charge in [0.25, 0.3) is 5.56 Å². The fraction of sp³-hybridized carbons (Fsp3) is 0.286. The van der Waals surface area contributed by atoms with Crippen LogP contribution in [0.3, 0.4) is 0 Å². The first-order valence-electron chi connectivity index (χ1n) is 12.7. The van der Waals surface area contributed by atoms with Gasteiger partial charge < -0.3 is 9.47 Å². The Hall–Kier alpha value is -4.52. The van der Waals surface area contributed by atoms with E-state index >= 15 is 4.39 Å². The molecule has 11 nitrogen and oxygen atoms in total. The second-order valence-corrected chi connectivity index (χ2v) is 10.9. The van der Waals surface area contributed by atoms with E-state index in [1.807, 2.05) is 0 Å². The van der Waals surface area contributed by atoms with Crippen LogP contribution in [0.15, 0.2) is 65.7 Å². The zero-order valence-corrected chi connectivity index (χ0v) is 23.1. The number of thioether (sulfide) groups is 1. The summed E-state index contributed by atoms with van der Waals surface area (Å²) < 4.78 is 28.6. The van der Waals surface area contributed by atoms with Gasteiger partial charge in [0.1, 0.15) is 5.37 Å². The van der Waals surface area contributed by atoms with E-state index in [9.17, 15) is 19.2 Å². The number of fused-ring (bicyclic) bond motifs is 1. The summed E-state index contributed by atoms with van der Waals surface area (Å²) in [6.07, 6.45) is -2.12. The molecule has 0 radical (unpaired) electrons. The van der Waals surface area contributed by atoms with Crippen molar-refractivity contribution in [3.8, 4) is 0 Å². The van der Waals surface area contributed by atoms with Gasteiger partial charge in [-0.2, -0.15) is 4.98 Å². The molecule has 41 heavy (non-hydrogen) atoms. The van der Waals surface area contributed by atoms with E-state index in [0.717, 1.165) is 11.8 Å². The van der Waals surface area contributed by atoms with Crippen LogP contribution in [0.25, 0.3) is 11.2 Å². The Morgan fingerprint density at radius 3 is 2.46 bits per heavy atom. The van der Waals surface area contributed by atoms with E-state index in [1.165, 1.54) is 23.0 Å². The summed E-state index contributed by atoms with van der Waals surface area (Å²) in [5.74, 6) is -2.40. The first kappa shape index (κ1) is 28.0. The summed E-state index contributed by atoms with van der Waals surface area (Å²) in [7, 11) is 0. The van der Waals surface area contributed by atoms with Crippen molar-refractivity contribution in [3.63, 3.8) is 0 Å². The molecule has 3 heterocycles. The first-order valence-corrected chi connectivity index (χ1v) is 13.7. The largest absolute Gasteiger partial charge is 0.452 e. The molecule has 1 saturated heterocycles. The number of H-pyrrole nitrogens is 1. The Labute approximate surface area is 237 Å². The highest BCUT2D eigenvalue weighted by atomic mass is 32.2. The zero-order chi connectivity index (χ0) is 29.3. The average molecular weight is 580 g/mol. The molecule has 5 rings (SSSR count). The molecule has 0 saturated carbocycles. The van der Waals surface area contributed by atoms with Gasteiger partial charge in [-0.1, -0.05) is 62.0 Å². The van der Waals surface area contributed by atoms with Gasteiger partial charge in [0, 0.05) is 5.92 Å². The van der Waals surface area contributed by atoms with Gasteiger partial charge in [-0.05, 0) is 30.7 Å². The lowest BCUT2D eigenvalue weighted by atomic mass is 10.1. The minimum absolute atomic E-state index is 0.0177. The molecule has 0 unspecified atom stereocenters. The molecule has 212 valence electrons. The molecule has 0 aliphatic carbocycles. The molecule has 2 aromatic heterocycles. The third-order valence-electron chi connectivity index (χ3n) is 6.44. The van der Waals surface area contributed by atoms with Crippen molar-refractivity contribution < 1.29 is 28.2 Å². The third-order valence-corrected chi connectivity index (χ3v) is 7.84. The van der Waals surface area contributed by atoms with Crippen LogP contribution in [-0.4, -0.2) is 55.1 Å². The first-order chi connectivity index (χ1) is 19.6. The quantitative estimate of drug-likeness (QED) is 0.310. The van der Waals surface area contributed by atoms with Gasteiger partial charge in [0.2, 0.25) is 11.9 Å². The zero-order valence-electron chi connectivity index (χ0n) is 22.2. The maximum Gasteiger partial charge on any atom is 0.339 e. The molecule has 1 amide bonds. The van der Waals surface area contributed by atoms with Crippen LogP contribution in [0.2, 0.25) is 0 Å². The lowest BCUT2D eigenvalue weighted by Crippen LogP contribution is -2.34. The van der Waals surface area contributed by atoms with Crippen LogP contribution >= 0.6 is 11.8 Å². The monoisotopic (exact) mass is 579 g/mol. The standard InChI is InChI=1S/C28H26FN5O6S/c1-14(2)22(35)32-28-31-21-19(23(36)33-28)30-13-34(21)24-20(39-25(37)16-10-5-4-6-11-16)18(29)27(41-24)40-26(38)17-12-8-7-9-15(17)3/h4-14,18,20,24,27H,1-3H3,(H2,31,32,33,35,36)/t18-,20+,24+,27+/m0/s1. The number of aromatic amines is 1. The number of nitrogens with zero attached hydrogens (tertiary/aromatic N) is 3. The van der Waals surface area contributed by atoms with Crippen molar-refractivity contribution in [2.75, 3.05) is 5.32 Å². The number of carbonyl (C=O) groups excluding carboxylic acids is 3. The second-order valence-electron chi connectivity index (χ2n) is 9.68. The predicted octanol–water partition coefficient (Wildman–Crippen LogP) is 4.01. The molecule has 4 atom stereocenters. The Balaban J connectivity index is 1.51. The molecule has 1 aliphatic heterocycles. The molecule has 2 N–H and O–H groups in total. The van der Waals surface area contributed by atoms with Crippen molar-refractivity contribution in [3.05, 3.63) is 88.0 Å². The van der Waals surface area contributed by atoms with E-state index in [1.54, 1.807) is 63.2 Å². The fourth-order valence-corrected chi connectivity index (χ4v) is 5.58. The van der Waals surface area contributed by atoms with Gasteiger partial charge in [-0.3, -0.25) is 24.5 Å². The number of carbonyl (C=O) groups is 3. The van der Waals surface area contributed by atoms with Crippen molar-refractivity contribution in [1.29, 1.82) is 0 Å². The Bertz CT molecular complexity index is 1670. The Morgan fingerprint density at radius 1 is 1.05 bits per heavy atom. The van der Waals surface area contributed by atoms with Crippen LogP contribution in [0.4, 0.5) is 10.3 Å². The molecular formula is C28H26FN5O6S. The van der Waals surface area contributed by atoms with E-state index < -0.39 is 40.6 Å². The van der Waals surface area contributed by atoms with Crippen LogP contribution in [0.1, 0.15) is 45.5 Å². The van der Waals surface area contributed by atoms with Gasteiger partial charge in [0.05, 0.1) is 17.5 Å². The molecule has 0 bridgehead atoms.